The van der Waals surface area contributed by atoms with E-state index in [4.69, 9.17) is 14.4 Å². The number of aromatic nitrogens is 2. The lowest BCUT2D eigenvalue weighted by Gasteiger charge is -2.11. The topological polar surface area (TPSA) is 92.2 Å². The molecule has 154 valence electrons. The molecule has 0 saturated carbocycles. The first kappa shape index (κ1) is 20.1. The quantitative estimate of drug-likeness (QED) is 0.605. The Morgan fingerprint density at radius 1 is 1.30 bits per heavy atom. The minimum atomic E-state index is -0.0145. The minimum Gasteiger partial charge on any atom is -0.490 e. The molecule has 6 heteroatoms. The van der Waals surface area contributed by atoms with Crippen molar-refractivity contribution in [1.82, 2.24) is 10.1 Å². The number of aliphatic hydroxyl groups excluding tert-OH is 1. The normalized spacial score (nSPS) is 15.2. The van der Waals surface area contributed by atoms with Crippen LogP contribution in [0.5, 0.6) is 5.75 Å². The van der Waals surface area contributed by atoms with Gasteiger partial charge in [0.25, 0.3) is 5.89 Å². The highest BCUT2D eigenvalue weighted by atomic mass is 16.5. The van der Waals surface area contributed by atoms with Crippen LogP contribution in [-0.4, -0.2) is 28.0 Å². The van der Waals surface area contributed by atoms with Crippen molar-refractivity contribution in [2.75, 3.05) is 6.61 Å². The van der Waals surface area contributed by atoms with Crippen LogP contribution in [0.3, 0.4) is 0 Å². The molecule has 1 aliphatic carbocycles. The molecule has 4 rings (SSSR count). The maximum atomic E-state index is 9.47. The molecule has 1 aliphatic rings. The largest absolute Gasteiger partial charge is 0.490 e. The molecule has 3 aromatic rings. The Hall–Kier alpha value is -3.17. The SMILES string of the molecule is CC(C)Oc1ccc(-c2nc(-c3cccc4c3CC[C@H]4CCCO)no2)cc1C#N. The van der Waals surface area contributed by atoms with Crippen molar-refractivity contribution in [3.63, 3.8) is 0 Å². The van der Waals surface area contributed by atoms with Crippen molar-refractivity contribution in [2.24, 2.45) is 0 Å². The number of nitriles is 1. The van der Waals surface area contributed by atoms with E-state index in [1.165, 1.54) is 11.1 Å². The summed E-state index contributed by atoms with van der Waals surface area (Å²) >= 11 is 0. The van der Waals surface area contributed by atoms with Gasteiger partial charge >= 0.3 is 0 Å². The minimum absolute atomic E-state index is 0.0145. The van der Waals surface area contributed by atoms with Gasteiger partial charge < -0.3 is 14.4 Å². The van der Waals surface area contributed by atoms with E-state index in [9.17, 15) is 5.26 Å². The molecule has 0 aliphatic heterocycles. The molecule has 1 N–H and O–H groups in total. The molecule has 6 nitrogen and oxygen atoms in total. The number of rotatable bonds is 7. The fourth-order valence-corrected chi connectivity index (χ4v) is 4.14. The zero-order chi connectivity index (χ0) is 21.1. The monoisotopic (exact) mass is 403 g/mol. The third-order valence-electron chi connectivity index (χ3n) is 5.48. The van der Waals surface area contributed by atoms with Crippen molar-refractivity contribution in [3.8, 4) is 34.7 Å². The van der Waals surface area contributed by atoms with Gasteiger partial charge in [0.1, 0.15) is 11.8 Å². The summed E-state index contributed by atoms with van der Waals surface area (Å²) in [5.74, 6) is 1.96. The summed E-state index contributed by atoms with van der Waals surface area (Å²) in [6.07, 6.45) is 3.86. The fourth-order valence-electron chi connectivity index (χ4n) is 4.14. The van der Waals surface area contributed by atoms with Gasteiger partial charge in [-0.25, -0.2) is 0 Å². The third kappa shape index (κ3) is 3.94. The van der Waals surface area contributed by atoms with Crippen LogP contribution in [0.1, 0.15) is 55.7 Å². The van der Waals surface area contributed by atoms with Gasteiger partial charge in [-0.2, -0.15) is 10.2 Å². The van der Waals surface area contributed by atoms with Crippen LogP contribution in [-0.2, 0) is 6.42 Å². The van der Waals surface area contributed by atoms with E-state index in [-0.39, 0.29) is 12.7 Å². The van der Waals surface area contributed by atoms with Crippen molar-refractivity contribution in [1.29, 1.82) is 5.26 Å². The van der Waals surface area contributed by atoms with Crippen molar-refractivity contribution >= 4 is 0 Å². The Morgan fingerprint density at radius 2 is 2.17 bits per heavy atom. The van der Waals surface area contributed by atoms with Crippen LogP contribution in [0.2, 0.25) is 0 Å². The molecule has 1 heterocycles. The van der Waals surface area contributed by atoms with Gasteiger partial charge in [-0.3, -0.25) is 0 Å². The molecular formula is C24H25N3O3. The van der Waals surface area contributed by atoms with Crippen molar-refractivity contribution < 1.29 is 14.4 Å². The van der Waals surface area contributed by atoms with Gasteiger partial charge in [-0.15, -0.1) is 0 Å². The molecule has 0 saturated heterocycles. The lowest BCUT2D eigenvalue weighted by atomic mass is 9.95. The standard InChI is InChI=1S/C24H25N3O3/c1-15(2)29-22-11-9-17(13-18(22)14-25)24-26-23(27-30-24)21-7-3-6-19-16(5-4-12-28)8-10-20(19)21/h3,6-7,9,11,13,15-16,28H,4-5,8,10,12H2,1-2H3/t16-/m1/s1. The highest BCUT2D eigenvalue weighted by Crippen LogP contribution is 2.40. The molecule has 1 atom stereocenters. The van der Waals surface area contributed by atoms with Crippen molar-refractivity contribution in [2.45, 2.75) is 51.6 Å². The highest BCUT2D eigenvalue weighted by Gasteiger charge is 2.26. The first-order valence-electron chi connectivity index (χ1n) is 10.4. The first-order valence-corrected chi connectivity index (χ1v) is 10.4. The summed E-state index contributed by atoms with van der Waals surface area (Å²) in [6, 6.07) is 13.7. The first-order chi connectivity index (χ1) is 14.6. The fraction of sp³-hybridized carbons (Fsp3) is 0.375. The maximum Gasteiger partial charge on any atom is 0.258 e. The third-order valence-corrected chi connectivity index (χ3v) is 5.48. The Bertz CT molecular complexity index is 1080. The number of fused-ring (bicyclic) bond motifs is 1. The van der Waals surface area contributed by atoms with Gasteiger partial charge in [-0.1, -0.05) is 23.4 Å². The second-order valence-electron chi connectivity index (χ2n) is 7.89. The molecule has 30 heavy (non-hydrogen) atoms. The van der Waals surface area contributed by atoms with Crippen LogP contribution < -0.4 is 4.74 Å². The second-order valence-corrected chi connectivity index (χ2v) is 7.89. The van der Waals surface area contributed by atoms with E-state index in [0.717, 1.165) is 31.2 Å². The van der Waals surface area contributed by atoms with E-state index in [1.54, 1.807) is 12.1 Å². The van der Waals surface area contributed by atoms with Crippen LogP contribution in [0.25, 0.3) is 22.8 Å². The molecule has 0 bridgehead atoms. The van der Waals surface area contributed by atoms with E-state index >= 15 is 0 Å². The van der Waals surface area contributed by atoms with Crippen LogP contribution in [0, 0.1) is 11.3 Å². The van der Waals surface area contributed by atoms with E-state index in [2.05, 4.69) is 22.3 Å². The van der Waals surface area contributed by atoms with Gasteiger partial charge in [-0.05, 0) is 74.8 Å². The average Bonchev–Trinajstić information content (AvgIpc) is 3.39. The highest BCUT2D eigenvalue weighted by molar-refractivity contribution is 5.67. The van der Waals surface area contributed by atoms with Crippen LogP contribution >= 0.6 is 0 Å². The number of hydrogen-bond donors (Lipinski definition) is 1. The zero-order valence-electron chi connectivity index (χ0n) is 17.3. The predicted molar refractivity (Wildman–Crippen MR) is 113 cm³/mol. The number of ether oxygens (including phenoxy) is 1. The van der Waals surface area contributed by atoms with Gasteiger partial charge in [0.15, 0.2) is 0 Å². The molecular weight excluding hydrogens is 378 g/mol. The van der Waals surface area contributed by atoms with Gasteiger partial charge in [0.05, 0.1) is 11.7 Å². The van der Waals surface area contributed by atoms with Crippen LogP contribution in [0.4, 0.5) is 0 Å². The lowest BCUT2D eigenvalue weighted by molar-refractivity contribution is 0.241. The predicted octanol–water partition coefficient (Wildman–Crippen LogP) is 4.86. The smallest absolute Gasteiger partial charge is 0.258 e. The number of nitrogens with zero attached hydrogens (tertiary/aromatic N) is 3. The average molecular weight is 403 g/mol. The summed E-state index contributed by atoms with van der Waals surface area (Å²) in [4.78, 5) is 4.61. The summed E-state index contributed by atoms with van der Waals surface area (Å²) in [5, 5.41) is 22.8. The Morgan fingerprint density at radius 3 is 2.93 bits per heavy atom. The summed E-state index contributed by atoms with van der Waals surface area (Å²) in [6.45, 7) is 4.07. The second kappa shape index (κ2) is 8.68. The van der Waals surface area contributed by atoms with Gasteiger partial charge in [0.2, 0.25) is 5.82 Å². The zero-order valence-corrected chi connectivity index (χ0v) is 17.3. The summed E-state index contributed by atoms with van der Waals surface area (Å²) in [5.41, 5.74) is 4.72. The maximum absolute atomic E-state index is 9.47. The number of benzene rings is 2. The Kier molecular flexibility index (Phi) is 5.82. The van der Waals surface area contributed by atoms with Crippen LogP contribution in [0.15, 0.2) is 40.9 Å². The summed E-state index contributed by atoms with van der Waals surface area (Å²) < 4.78 is 11.2. The molecule has 0 amide bonds. The van der Waals surface area contributed by atoms with E-state index in [0.29, 0.717) is 34.5 Å². The van der Waals surface area contributed by atoms with E-state index in [1.807, 2.05) is 32.0 Å². The molecule has 0 spiro atoms. The molecule has 0 fully saturated rings. The molecule has 1 aromatic heterocycles. The lowest BCUT2D eigenvalue weighted by Crippen LogP contribution is -2.06. The Labute approximate surface area is 176 Å². The summed E-state index contributed by atoms with van der Waals surface area (Å²) in [7, 11) is 0. The van der Waals surface area contributed by atoms with E-state index < -0.39 is 0 Å². The molecule has 2 aromatic carbocycles. The number of aliphatic hydroxyl groups is 1. The number of hydrogen-bond acceptors (Lipinski definition) is 6. The molecule has 0 radical (unpaired) electrons. The van der Waals surface area contributed by atoms with Gasteiger partial charge in [0, 0.05) is 17.7 Å². The molecule has 0 unspecified atom stereocenters. The Balaban J connectivity index is 1.63. The van der Waals surface area contributed by atoms with Crippen molar-refractivity contribution in [3.05, 3.63) is 53.1 Å².